The highest BCUT2D eigenvalue weighted by atomic mass is 32.5. The summed E-state index contributed by atoms with van der Waals surface area (Å²) >= 11 is 9.45. The van der Waals surface area contributed by atoms with Crippen LogP contribution in [0.4, 0.5) is 0 Å². The minimum Gasteiger partial charge on any atom is -0.466 e. The van der Waals surface area contributed by atoms with Gasteiger partial charge in [-0.25, -0.2) is 4.79 Å². The van der Waals surface area contributed by atoms with Crippen molar-refractivity contribution in [3.8, 4) is 0 Å². The van der Waals surface area contributed by atoms with Crippen molar-refractivity contribution >= 4 is 42.9 Å². The van der Waals surface area contributed by atoms with Gasteiger partial charge in [-0.3, -0.25) is 4.79 Å². The highest BCUT2D eigenvalue weighted by molar-refractivity contribution is 8.16. The lowest BCUT2D eigenvalue weighted by Gasteiger charge is -2.33. The molecule has 0 aromatic carbocycles. The first-order valence-corrected chi connectivity index (χ1v) is 8.66. The molecule has 0 rings (SSSR count). The van der Waals surface area contributed by atoms with E-state index in [0.717, 1.165) is 0 Å². The van der Waals surface area contributed by atoms with Crippen molar-refractivity contribution in [3.05, 3.63) is 0 Å². The fourth-order valence-corrected chi connectivity index (χ4v) is 3.78. The van der Waals surface area contributed by atoms with Crippen molar-refractivity contribution in [2.75, 3.05) is 27.4 Å². The van der Waals surface area contributed by atoms with Crippen molar-refractivity contribution < 1.29 is 28.1 Å². The minimum atomic E-state index is -3.14. The van der Waals surface area contributed by atoms with Crippen LogP contribution >= 0.6 is 19.1 Å². The van der Waals surface area contributed by atoms with Crippen LogP contribution in [0.3, 0.4) is 0 Å². The van der Waals surface area contributed by atoms with E-state index in [-0.39, 0.29) is 19.6 Å². The molecule has 0 bridgehead atoms. The Morgan fingerprint density at radius 2 is 1.63 bits per heavy atom. The fourth-order valence-electron chi connectivity index (χ4n) is 1.32. The van der Waals surface area contributed by atoms with Gasteiger partial charge in [0.25, 0.3) is 0 Å². The Morgan fingerprint density at radius 3 is 2.00 bits per heavy atom. The summed E-state index contributed by atoms with van der Waals surface area (Å²) in [5.41, 5.74) is 0. The van der Waals surface area contributed by atoms with E-state index in [2.05, 4.69) is 12.6 Å². The Labute approximate surface area is 123 Å². The van der Waals surface area contributed by atoms with Gasteiger partial charge in [0.05, 0.1) is 19.6 Å². The summed E-state index contributed by atoms with van der Waals surface area (Å²) < 4.78 is 18.3. The molecule has 0 aliphatic heterocycles. The van der Waals surface area contributed by atoms with Gasteiger partial charge in [0.2, 0.25) is 6.49 Å². The molecule has 19 heavy (non-hydrogen) atoms. The molecule has 0 aliphatic carbocycles. The van der Waals surface area contributed by atoms with E-state index < -0.39 is 22.9 Å². The van der Waals surface area contributed by atoms with Gasteiger partial charge < -0.3 is 18.5 Å². The van der Waals surface area contributed by atoms with Gasteiger partial charge in [0.1, 0.15) is 0 Å². The molecule has 0 saturated carbocycles. The molecule has 6 nitrogen and oxygen atoms in total. The zero-order chi connectivity index (χ0) is 15.1. The van der Waals surface area contributed by atoms with Crippen molar-refractivity contribution in [2.45, 2.75) is 24.8 Å². The van der Waals surface area contributed by atoms with Crippen LogP contribution in [0.2, 0.25) is 0 Å². The molecule has 0 heterocycles. The second-order valence-corrected chi connectivity index (χ2v) is 8.43. The first kappa shape index (κ1) is 18.9. The van der Waals surface area contributed by atoms with Gasteiger partial charge in [0.15, 0.2) is 4.49 Å². The summed E-state index contributed by atoms with van der Waals surface area (Å²) in [7, 11) is 2.61. The van der Waals surface area contributed by atoms with Crippen LogP contribution in [-0.4, -0.2) is 43.9 Å². The molecular weight excluding hydrogens is 311 g/mol. The number of ether oxygens (including phenoxy) is 2. The lowest BCUT2D eigenvalue weighted by atomic mass is 10.3. The Kier molecular flexibility index (Phi) is 8.15. The molecule has 1 atom stereocenters. The molecule has 0 amide bonds. The first-order chi connectivity index (χ1) is 8.81. The average Bonchev–Trinajstić information content (AvgIpc) is 2.37. The van der Waals surface area contributed by atoms with Crippen molar-refractivity contribution in [1.82, 2.24) is 0 Å². The molecule has 0 aliphatic rings. The van der Waals surface area contributed by atoms with Crippen molar-refractivity contribution in [3.63, 3.8) is 0 Å². The predicted molar refractivity (Wildman–Crippen MR) is 77.9 cm³/mol. The summed E-state index contributed by atoms with van der Waals surface area (Å²) in [4.78, 5) is 23.7. The third-order valence-corrected chi connectivity index (χ3v) is 7.81. The number of hydrogen-bond donors (Lipinski definition) is 1. The largest absolute Gasteiger partial charge is 0.466 e. The van der Waals surface area contributed by atoms with Gasteiger partial charge in [-0.2, -0.15) is 12.6 Å². The maximum absolute atomic E-state index is 12.1. The maximum Gasteiger partial charge on any atom is 0.332 e. The number of rotatable bonds is 8. The van der Waals surface area contributed by atoms with Crippen LogP contribution in [0.15, 0.2) is 0 Å². The third-order valence-electron chi connectivity index (χ3n) is 2.23. The lowest BCUT2D eigenvalue weighted by molar-refractivity contribution is -0.150. The van der Waals surface area contributed by atoms with Gasteiger partial charge >= 0.3 is 11.9 Å². The van der Waals surface area contributed by atoms with Crippen LogP contribution in [-0.2, 0) is 39.9 Å². The SMILES string of the molecule is CCOC(=O)CC(S)(C(=O)OCC)P(=S)(OC)OC. The number of hydrogen-bond acceptors (Lipinski definition) is 8. The van der Waals surface area contributed by atoms with Crippen molar-refractivity contribution in [1.29, 1.82) is 0 Å². The molecule has 0 aromatic rings. The topological polar surface area (TPSA) is 71.1 Å². The van der Waals surface area contributed by atoms with Crippen molar-refractivity contribution in [2.24, 2.45) is 0 Å². The van der Waals surface area contributed by atoms with E-state index in [1.165, 1.54) is 14.2 Å². The molecule has 0 fully saturated rings. The van der Waals surface area contributed by atoms with Gasteiger partial charge in [-0.15, -0.1) is 0 Å². The summed E-state index contributed by atoms with van der Waals surface area (Å²) in [5, 5.41) is 0. The summed E-state index contributed by atoms with van der Waals surface area (Å²) in [5.74, 6) is -1.37. The molecule has 0 saturated heterocycles. The molecule has 9 heteroatoms. The van der Waals surface area contributed by atoms with E-state index in [1.54, 1.807) is 13.8 Å². The zero-order valence-electron chi connectivity index (χ0n) is 11.4. The number of carbonyl (C=O) groups is 2. The van der Waals surface area contributed by atoms with Crippen LogP contribution in [0.5, 0.6) is 0 Å². The van der Waals surface area contributed by atoms with Crippen LogP contribution in [0, 0.1) is 0 Å². The van der Waals surface area contributed by atoms with Gasteiger partial charge in [-0.05, 0) is 25.7 Å². The average molecular weight is 330 g/mol. The van der Waals surface area contributed by atoms with E-state index >= 15 is 0 Å². The monoisotopic (exact) mass is 330 g/mol. The van der Waals surface area contributed by atoms with Gasteiger partial charge in [0, 0.05) is 14.2 Å². The van der Waals surface area contributed by atoms with E-state index in [9.17, 15) is 9.59 Å². The molecule has 0 N–H and O–H groups in total. The minimum absolute atomic E-state index is 0.132. The second-order valence-electron chi connectivity index (χ2n) is 3.38. The van der Waals surface area contributed by atoms with Crippen LogP contribution < -0.4 is 0 Å². The highest BCUT2D eigenvalue weighted by Crippen LogP contribution is 2.63. The first-order valence-electron chi connectivity index (χ1n) is 5.58. The van der Waals surface area contributed by atoms with E-state index in [4.69, 9.17) is 30.3 Å². The molecule has 0 spiro atoms. The summed E-state index contributed by atoms with van der Waals surface area (Å²) in [6, 6.07) is 0. The summed E-state index contributed by atoms with van der Waals surface area (Å²) in [6.07, 6.45) is -0.373. The Morgan fingerprint density at radius 1 is 1.16 bits per heavy atom. The second kappa shape index (κ2) is 8.21. The van der Waals surface area contributed by atoms with E-state index in [0.29, 0.717) is 0 Å². The molecule has 0 aromatic heterocycles. The third kappa shape index (κ3) is 4.43. The van der Waals surface area contributed by atoms with Crippen LogP contribution in [0.25, 0.3) is 0 Å². The molecular formula is C10H19O6PS2. The summed E-state index contributed by atoms with van der Waals surface area (Å²) in [6.45, 7) is 0.473. The maximum atomic E-state index is 12.1. The number of esters is 2. The van der Waals surface area contributed by atoms with E-state index in [1.807, 2.05) is 0 Å². The van der Waals surface area contributed by atoms with Crippen LogP contribution in [0.1, 0.15) is 20.3 Å². The normalized spacial score (nSPS) is 14.6. The molecule has 0 radical (unpaired) electrons. The quantitative estimate of drug-likeness (QED) is 0.413. The highest BCUT2D eigenvalue weighted by Gasteiger charge is 2.53. The zero-order valence-corrected chi connectivity index (χ0v) is 14.0. The predicted octanol–water partition coefficient (Wildman–Crippen LogP) is 1.73. The molecule has 1 unspecified atom stereocenters. The smallest absolute Gasteiger partial charge is 0.332 e. The number of carbonyl (C=O) groups excluding carboxylic acids is 2. The molecule has 112 valence electrons. The Bertz CT molecular complexity index is 367. The number of thiol groups is 1. The standard InChI is InChI=1S/C10H19O6PS2/c1-5-15-8(11)7-10(18,9(12)16-6-2)17(19,13-3)14-4/h18H,5-7H2,1-4H3. The lowest BCUT2D eigenvalue weighted by Crippen LogP contribution is -2.38. The van der Waals surface area contributed by atoms with Gasteiger partial charge in [-0.1, -0.05) is 0 Å². The Hall–Kier alpha value is -0.140. The Balaban J connectivity index is 5.41. The fraction of sp³-hybridized carbons (Fsp3) is 0.800.